The van der Waals surface area contributed by atoms with Crippen molar-refractivity contribution >= 4 is 35.2 Å². The molecular weight excluding hydrogens is 176 g/mol. The smallest absolute Gasteiger partial charge is 0.169 e. The normalized spacial score (nSPS) is 14.0. The van der Waals surface area contributed by atoms with E-state index >= 15 is 0 Å². The summed E-state index contributed by atoms with van der Waals surface area (Å²) in [5, 5.41) is 0. The van der Waals surface area contributed by atoms with E-state index in [1.54, 1.807) is 0 Å². The van der Waals surface area contributed by atoms with Crippen LogP contribution in [0.25, 0.3) is 0 Å². The Morgan fingerprint density at radius 2 is 1.33 bits per heavy atom. The summed E-state index contributed by atoms with van der Waals surface area (Å²) < 4.78 is 5.73. The summed E-state index contributed by atoms with van der Waals surface area (Å²) in [6.07, 6.45) is 0. The van der Waals surface area contributed by atoms with E-state index in [9.17, 15) is 0 Å². The lowest BCUT2D eigenvalue weighted by atomic mass is 11.8. The highest BCUT2D eigenvalue weighted by molar-refractivity contribution is 7.39. The molecule has 0 rings (SSSR count). The van der Waals surface area contributed by atoms with Gasteiger partial charge in [-0.3, -0.25) is 0 Å². The predicted octanol–water partition coefficient (Wildman–Crippen LogP) is 0.744. The Morgan fingerprint density at radius 1 is 1.00 bits per heavy atom. The van der Waals surface area contributed by atoms with Gasteiger partial charge in [-0.15, -0.1) is 0 Å². The van der Waals surface area contributed by atoms with Gasteiger partial charge in [0.1, 0.15) is 7.35 Å². The minimum absolute atomic E-state index is 1.33. The molecule has 50 valence electrons. The van der Waals surface area contributed by atoms with Crippen LogP contribution in [0.4, 0.5) is 0 Å². The third kappa shape index (κ3) is 8.83. The largest absolute Gasteiger partial charge is 0.462 e. The van der Waals surface area contributed by atoms with Crippen molar-refractivity contribution in [2.24, 2.45) is 0 Å². The van der Waals surface area contributed by atoms with Gasteiger partial charge in [-0.2, -0.15) is 0 Å². The van der Waals surface area contributed by atoms with Gasteiger partial charge in [0.25, 0.3) is 0 Å². The highest BCUT2D eigenvalue weighted by Crippen LogP contribution is 2.07. The van der Waals surface area contributed by atoms with E-state index in [0.29, 0.717) is 0 Å². The van der Waals surface area contributed by atoms with Crippen molar-refractivity contribution in [3.8, 4) is 0 Å². The fourth-order valence-corrected chi connectivity index (χ4v) is 11.0. The van der Waals surface area contributed by atoms with Gasteiger partial charge in [-0.1, -0.05) is 6.55 Å². The van der Waals surface area contributed by atoms with Crippen LogP contribution in [0.3, 0.4) is 0 Å². The van der Waals surface area contributed by atoms with Crippen molar-refractivity contribution < 1.29 is 4.12 Å². The molecule has 0 aromatic heterocycles. The van der Waals surface area contributed by atoms with Crippen molar-refractivity contribution in [2.75, 3.05) is 0 Å². The Hall–Kier alpha value is 0.828. The van der Waals surface area contributed by atoms with Gasteiger partial charge < -0.3 is 4.12 Å². The summed E-state index contributed by atoms with van der Waals surface area (Å²) in [7, 11) is 4.11. The maximum absolute atomic E-state index is 5.73. The summed E-state index contributed by atoms with van der Waals surface area (Å²) in [5.41, 5.74) is 0. The number of hydrogen-bond acceptors (Lipinski definition) is 1. The maximum atomic E-state index is 5.73. The highest BCUT2D eigenvalue weighted by atomic mass is 29.6. The average molecular weight is 188 g/mol. The fraction of sp³-hybridized carbons (Fsp3) is 1.00. The summed E-state index contributed by atoms with van der Waals surface area (Å²) in [5.74, 6) is 0. The van der Waals surface area contributed by atoms with Crippen LogP contribution in [-0.2, 0) is 4.12 Å². The molecule has 0 spiro atoms. The molecule has 0 saturated carbocycles. The molecule has 0 fully saturated rings. The molecule has 0 aliphatic rings. The van der Waals surface area contributed by atoms with E-state index in [4.69, 9.17) is 4.12 Å². The molecule has 0 bridgehead atoms. The topological polar surface area (TPSA) is 9.23 Å². The van der Waals surface area contributed by atoms with E-state index in [2.05, 4.69) is 45.7 Å². The van der Waals surface area contributed by atoms with Crippen LogP contribution in [0.2, 0.25) is 26.2 Å². The molecule has 1 nitrogen and oxygen atoms in total. The van der Waals surface area contributed by atoms with Gasteiger partial charge in [0.05, 0.1) is 0 Å². The first-order chi connectivity index (χ1) is 3.71. The molecule has 0 N–H and O–H groups in total. The zero-order chi connectivity index (χ0) is 7.71. The Kier molecular flexibility index (Phi) is 3.09. The Labute approximate surface area is 65.9 Å². The van der Waals surface area contributed by atoms with Crippen molar-refractivity contribution in [2.45, 2.75) is 26.2 Å². The molecule has 5 heteroatoms. The summed E-state index contributed by atoms with van der Waals surface area (Å²) >= 11 is 0. The maximum Gasteiger partial charge on any atom is 0.169 e. The Morgan fingerprint density at radius 3 is 1.33 bits per heavy atom. The minimum Gasteiger partial charge on any atom is -0.462 e. The van der Waals surface area contributed by atoms with Crippen LogP contribution in [0.15, 0.2) is 0 Å². The predicted molar refractivity (Wildman–Crippen MR) is 47.6 cm³/mol. The molecule has 0 aliphatic heterocycles. The van der Waals surface area contributed by atoms with Crippen LogP contribution >= 0.6 is 0 Å². The van der Waals surface area contributed by atoms with Crippen LogP contribution in [-0.4, -0.2) is 35.2 Å². The zero-order valence-corrected chi connectivity index (χ0v) is 10.4. The van der Waals surface area contributed by atoms with Gasteiger partial charge >= 0.3 is 0 Å². The molecule has 0 aliphatic carbocycles. The second-order valence-electron chi connectivity index (χ2n) is 3.25. The Bertz CT molecular complexity index is 77.7. The van der Waals surface area contributed by atoms with Crippen molar-refractivity contribution in [1.29, 1.82) is 0 Å². The molecule has 0 amide bonds. The zero-order valence-electron chi connectivity index (χ0n) is 6.41. The van der Waals surface area contributed by atoms with Crippen molar-refractivity contribution in [3.63, 3.8) is 0 Å². The standard InChI is InChI=1S/C4H12OSi4/c1-8(2,3)5-9(4,6)7/h1-4H3. The molecular formula is C4H12OSi4. The first-order valence-electron chi connectivity index (χ1n) is 2.91. The average Bonchev–Trinajstić information content (AvgIpc) is 1.14. The molecule has 9 heavy (non-hydrogen) atoms. The van der Waals surface area contributed by atoms with Crippen molar-refractivity contribution in [3.05, 3.63) is 0 Å². The lowest BCUT2D eigenvalue weighted by Gasteiger charge is -2.28. The number of hydrogen-bond donors (Lipinski definition) is 0. The van der Waals surface area contributed by atoms with Gasteiger partial charge in [-0.05, 0) is 19.6 Å². The number of rotatable bonds is 2. The molecule has 0 aromatic carbocycles. The third-order valence-electron chi connectivity index (χ3n) is 0.510. The molecule has 0 unspecified atom stereocenters. The summed E-state index contributed by atoms with van der Waals surface area (Å²) in [6, 6.07) is 0. The second-order valence-corrected chi connectivity index (χ2v) is 17.6. The van der Waals surface area contributed by atoms with E-state index in [0.717, 1.165) is 0 Å². The van der Waals surface area contributed by atoms with Gasteiger partial charge in [0.2, 0.25) is 0 Å². The van der Waals surface area contributed by atoms with E-state index in [1.807, 2.05) is 0 Å². The van der Waals surface area contributed by atoms with Crippen LogP contribution in [0.5, 0.6) is 0 Å². The van der Waals surface area contributed by atoms with Crippen LogP contribution in [0.1, 0.15) is 0 Å². The molecule has 0 atom stereocenters. The van der Waals surface area contributed by atoms with Gasteiger partial charge in [0.15, 0.2) is 8.32 Å². The SMILES string of the molecule is C[Si](C)(C)O[Si](C)([Si])[Si]. The second kappa shape index (κ2) is 2.83. The van der Waals surface area contributed by atoms with Gasteiger partial charge in [0, 0.05) is 19.5 Å². The van der Waals surface area contributed by atoms with Crippen LogP contribution in [0, 0.1) is 0 Å². The molecule has 0 aromatic rings. The highest BCUT2D eigenvalue weighted by Gasteiger charge is 2.23. The Balaban J connectivity index is 3.75. The monoisotopic (exact) mass is 188 g/mol. The van der Waals surface area contributed by atoms with E-state index in [-0.39, 0.29) is 0 Å². The van der Waals surface area contributed by atoms with Crippen LogP contribution < -0.4 is 0 Å². The fourth-order valence-electron chi connectivity index (χ4n) is 0.612. The summed E-state index contributed by atoms with van der Waals surface area (Å²) in [4.78, 5) is 0. The quantitative estimate of drug-likeness (QED) is 0.581. The molecule has 6 radical (unpaired) electrons. The lowest BCUT2D eigenvalue weighted by Crippen LogP contribution is -2.46. The van der Waals surface area contributed by atoms with Crippen molar-refractivity contribution in [1.82, 2.24) is 0 Å². The van der Waals surface area contributed by atoms with E-state index < -0.39 is 15.7 Å². The van der Waals surface area contributed by atoms with Gasteiger partial charge in [-0.25, -0.2) is 0 Å². The molecule has 0 saturated heterocycles. The first-order valence-corrected chi connectivity index (χ1v) is 11.7. The summed E-state index contributed by atoms with van der Waals surface area (Å²) in [6.45, 7) is 8.61. The van der Waals surface area contributed by atoms with E-state index in [1.165, 1.54) is 0 Å². The lowest BCUT2D eigenvalue weighted by molar-refractivity contribution is 0.587. The minimum atomic E-state index is -1.62. The third-order valence-corrected chi connectivity index (χ3v) is 6.43. The first kappa shape index (κ1) is 9.83. The molecule has 0 heterocycles.